The molecule has 0 bridgehead atoms. The molecule has 1 aromatic rings. The molecule has 24 heavy (non-hydrogen) atoms. The van der Waals surface area contributed by atoms with E-state index >= 15 is 0 Å². The zero-order valence-electron chi connectivity index (χ0n) is 15.8. The van der Waals surface area contributed by atoms with Crippen molar-refractivity contribution in [3.05, 3.63) is 24.3 Å². The molecule has 4 heteroatoms. The average molecular weight is 348 g/mol. The van der Waals surface area contributed by atoms with Crippen LogP contribution in [0.4, 0.5) is 11.4 Å². The lowest BCUT2D eigenvalue weighted by molar-refractivity contribution is 0.187. The first-order valence-electron chi connectivity index (χ1n) is 9.54. The van der Waals surface area contributed by atoms with Crippen LogP contribution in [0.5, 0.6) is 0 Å². The van der Waals surface area contributed by atoms with Crippen LogP contribution in [0.2, 0.25) is 0 Å². The van der Waals surface area contributed by atoms with Gasteiger partial charge in [-0.25, -0.2) is 0 Å². The monoisotopic (exact) mass is 347 g/mol. The number of isothiocyanates is 1. The van der Waals surface area contributed by atoms with Gasteiger partial charge in [0.2, 0.25) is 0 Å². The number of benzene rings is 1. The Bertz CT molecular complexity index is 480. The van der Waals surface area contributed by atoms with E-state index < -0.39 is 0 Å². The molecule has 0 spiro atoms. The molecular weight excluding hydrogens is 314 g/mol. The van der Waals surface area contributed by atoms with Gasteiger partial charge in [-0.3, -0.25) is 4.90 Å². The summed E-state index contributed by atoms with van der Waals surface area (Å²) in [6.45, 7) is 12.7. The van der Waals surface area contributed by atoms with Crippen LogP contribution >= 0.6 is 12.2 Å². The topological polar surface area (TPSA) is 18.8 Å². The molecule has 0 radical (unpaired) electrons. The first-order chi connectivity index (χ1) is 11.9. The number of anilines is 1. The molecule has 0 aromatic heterocycles. The molecule has 0 amide bonds. The Morgan fingerprint density at radius 2 is 1.46 bits per heavy atom. The van der Waals surface area contributed by atoms with Gasteiger partial charge >= 0.3 is 0 Å². The molecule has 1 aromatic carbocycles. The van der Waals surface area contributed by atoms with Crippen molar-refractivity contribution in [2.75, 3.05) is 31.1 Å². The minimum atomic E-state index is 0.858. The highest BCUT2D eigenvalue weighted by atomic mass is 32.1. The third-order valence-electron chi connectivity index (χ3n) is 4.54. The van der Waals surface area contributed by atoms with Crippen molar-refractivity contribution in [2.45, 2.75) is 59.4 Å². The van der Waals surface area contributed by atoms with Crippen molar-refractivity contribution in [3.63, 3.8) is 0 Å². The molecule has 3 nitrogen and oxygen atoms in total. The Morgan fingerprint density at radius 3 is 1.96 bits per heavy atom. The first kappa shape index (κ1) is 20.8. The second-order valence-corrected chi connectivity index (χ2v) is 5.86. The van der Waals surface area contributed by atoms with Gasteiger partial charge in [0.05, 0.1) is 10.8 Å². The van der Waals surface area contributed by atoms with Crippen molar-refractivity contribution >= 4 is 28.8 Å². The molecule has 1 aliphatic carbocycles. The van der Waals surface area contributed by atoms with Crippen LogP contribution < -0.4 is 4.90 Å². The zero-order valence-corrected chi connectivity index (χ0v) is 16.6. The van der Waals surface area contributed by atoms with Crippen LogP contribution in [0.3, 0.4) is 0 Å². The molecule has 0 atom stereocenters. The maximum Gasteiger partial charge on any atom is 0.0741 e. The van der Waals surface area contributed by atoms with Crippen molar-refractivity contribution in [1.82, 2.24) is 4.90 Å². The predicted octanol–water partition coefficient (Wildman–Crippen LogP) is 5.54. The summed E-state index contributed by atoms with van der Waals surface area (Å²) < 4.78 is 0. The highest BCUT2D eigenvalue weighted by Crippen LogP contribution is 2.26. The third kappa shape index (κ3) is 6.01. The number of thiocarbonyl (C=S) groups is 1. The Labute approximate surface area is 153 Å². The first-order valence-corrected chi connectivity index (χ1v) is 9.94. The minimum absolute atomic E-state index is 0.858. The molecule has 2 fully saturated rings. The quantitative estimate of drug-likeness (QED) is 0.528. The third-order valence-corrected chi connectivity index (χ3v) is 4.64. The van der Waals surface area contributed by atoms with Crippen LogP contribution in [0.1, 0.15) is 53.4 Å². The zero-order chi connectivity index (χ0) is 17.8. The summed E-state index contributed by atoms with van der Waals surface area (Å²) in [5.41, 5.74) is 2.17. The standard InChI is InChI=1S/C16H21N3S.2C2H6/c20-13-17-14-5-7-16(8-6-14)19-11-9-18(10-12-19)15-3-1-2-4-15;2*1-2/h5-8,15H,1-4,9-12H2;2*1-2H3. The number of nitrogens with zero attached hydrogens (tertiary/aromatic N) is 3. The van der Waals surface area contributed by atoms with Crippen molar-refractivity contribution in [1.29, 1.82) is 0 Å². The van der Waals surface area contributed by atoms with E-state index in [9.17, 15) is 0 Å². The van der Waals surface area contributed by atoms with E-state index in [-0.39, 0.29) is 0 Å². The number of hydrogen-bond donors (Lipinski definition) is 0. The molecular formula is C20H33N3S. The van der Waals surface area contributed by atoms with Crippen molar-refractivity contribution in [2.24, 2.45) is 4.99 Å². The smallest absolute Gasteiger partial charge is 0.0741 e. The van der Waals surface area contributed by atoms with Crippen LogP contribution in [0.25, 0.3) is 0 Å². The predicted molar refractivity (Wildman–Crippen MR) is 110 cm³/mol. The summed E-state index contributed by atoms with van der Waals surface area (Å²) in [5.74, 6) is 0. The van der Waals surface area contributed by atoms with E-state index in [2.05, 4.69) is 44.3 Å². The van der Waals surface area contributed by atoms with Gasteiger partial charge in [-0.05, 0) is 49.3 Å². The fourth-order valence-electron chi connectivity index (χ4n) is 3.41. The molecule has 134 valence electrons. The lowest BCUT2D eigenvalue weighted by Gasteiger charge is -2.39. The Balaban J connectivity index is 0.000000671. The average Bonchev–Trinajstić information content (AvgIpc) is 3.21. The molecule has 2 aliphatic rings. The Morgan fingerprint density at radius 1 is 0.917 bits per heavy atom. The second kappa shape index (κ2) is 12.2. The minimum Gasteiger partial charge on any atom is -0.369 e. The van der Waals surface area contributed by atoms with Crippen LogP contribution in [-0.2, 0) is 0 Å². The molecule has 1 heterocycles. The fraction of sp³-hybridized carbons (Fsp3) is 0.650. The molecule has 0 unspecified atom stereocenters. The van der Waals surface area contributed by atoms with Gasteiger partial charge < -0.3 is 4.90 Å². The van der Waals surface area contributed by atoms with Crippen molar-refractivity contribution in [3.8, 4) is 0 Å². The number of rotatable bonds is 3. The van der Waals surface area contributed by atoms with Gasteiger partial charge in [0.25, 0.3) is 0 Å². The summed E-state index contributed by atoms with van der Waals surface area (Å²) in [5, 5.41) is 2.41. The van der Waals surface area contributed by atoms with E-state index in [1.165, 1.54) is 44.5 Å². The number of piperazine rings is 1. The summed E-state index contributed by atoms with van der Waals surface area (Å²) in [6.07, 6.45) is 5.66. The highest BCUT2D eigenvalue weighted by molar-refractivity contribution is 7.78. The number of hydrogen-bond acceptors (Lipinski definition) is 4. The Hall–Kier alpha value is -1.22. The van der Waals surface area contributed by atoms with E-state index in [0.717, 1.165) is 24.8 Å². The van der Waals surface area contributed by atoms with Gasteiger partial charge in [0.1, 0.15) is 0 Å². The summed E-state index contributed by atoms with van der Waals surface area (Å²) >= 11 is 4.62. The van der Waals surface area contributed by atoms with Gasteiger partial charge in [0, 0.05) is 37.9 Å². The molecule has 1 saturated carbocycles. The molecule has 0 N–H and O–H groups in total. The van der Waals surface area contributed by atoms with Gasteiger partial charge in [0.15, 0.2) is 0 Å². The van der Waals surface area contributed by atoms with Crippen LogP contribution in [0, 0.1) is 0 Å². The van der Waals surface area contributed by atoms with Gasteiger partial charge in [-0.15, -0.1) is 0 Å². The van der Waals surface area contributed by atoms with E-state index in [4.69, 9.17) is 0 Å². The number of aliphatic imine (C=N–C) groups is 1. The second-order valence-electron chi connectivity index (χ2n) is 5.68. The van der Waals surface area contributed by atoms with E-state index in [1.807, 2.05) is 39.8 Å². The van der Waals surface area contributed by atoms with Crippen molar-refractivity contribution < 1.29 is 0 Å². The van der Waals surface area contributed by atoms with E-state index in [0.29, 0.717) is 0 Å². The highest BCUT2D eigenvalue weighted by Gasteiger charge is 2.26. The normalized spacial score (nSPS) is 17.9. The SMILES string of the molecule is CC.CC.S=C=Nc1ccc(N2CCN(C3CCCC3)CC2)cc1. The van der Waals surface area contributed by atoms with Gasteiger partial charge in [-0.2, -0.15) is 4.99 Å². The molecule has 1 saturated heterocycles. The Kier molecular flexibility index (Phi) is 10.6. The summed E-state index contributed by atoms with van der Waals surface area (Å²) in [4.78, 5) is 9.15. The molecule has 1 aliphatic heterocycles. The summed E-state index contributed by atoms with van der Waals surface area (Å²) in [6, 6.07) is 9.15. The maximum atomic E-state index is 4.62. The largest absolute Gasteiger partial charge is 0.369 e. The van der Waals surface area contributed by atoms with E-state index in [1.54, 1.807) is 0 Å². The lowest BCUT2D eigenvalue weighted by Crippen LogP contribution is -2.49. The van der Waals surface area contributed by atoms with Crippen LogP contribution in [0.15, 0.2) is 29.3 Å². The summed E-state index contributed by atoms with van der Waals surface area (Å²) in [7, 11) is 0. The fourth-order valence-corrected chi connectivity index (χ4v) is 3.51. The van der Waals surface area contributed by atoms with Gasteiger partial charge in [-0.1, -0.05) is 40.5 Å². The van der Waals surface area contributed by atoms with Crippen LogP contribution in [-0.4, -0.2) is 42.3 Å². The lowest BCUT2D eigenvalue weighted by atomic mass is 10.1. The maximum absolute atomic E-state index is 4.62. The molecule has 3 rings (SSSR count).